The van der Waals surface area contributed by atoms with Gasteiger partial charge in [-0.25, -0.2) is 0 Å². The van der Waals surface area contributed by atoms with Crippen LogP contribution in [0.15, 0.2) is 18.2 Å². The summed E-state index contributed by atoms with van der Waals surface area (Å²) in [7, 11) is 1.33. The molecule has 0 saturated heterocycles. The van der Waals surface area contributed by atoms with Gasteiger partial charge in [0.2, 0.25) is 0 Å². The van der Waals surface area contributed by atoms with Crippen molar-refractivity contribution in [2.75, 3.05) is 13.7 Å². The van der Waals surface area contributed by atoms with Crippen LogP contribution in [0.2, 0.25) is 0 Å². The number of methoxy groups -OCH3 is 1. The molecule has 1 amide bonds. The van der Waals surface area contributed by atoms with Crippen molar-refractivity contribution in [3.05, 3.63) is 23.8 Å². The van der Waals surface area contributed by atoms with Crippen LogP contribution >= 0.6 is 12.4 Å². The average molecular weight is 351 g/mol. The minimum absolute atomic E-state index is 0. The second-order valence-corrected chi connectivity index (χ2v) is 5.25. The molecule has 1 fully saturated rings. The maximum Gasteiger partial charge on any atom is 0.387 e. The van der Waals surface area contributed by atoms with Crippen LogP contribution in [0.25, 0.3) is 0 Å². The Kier molecular flexibility index (Phi) is 7.51. The summed E-state index contributed by atoms with van der Waals surface area (Å²) in [6, 6.07) is 4.18. The van der Waals surface area contributed by atoms with Crippen molar-refractivity contribution in [3.63, 3.8) is 0 Å². The minimum atomic E-state index is -2.95. The van der Waals surface area contributed by atoms with E-state index in [0.717, 1.165) is 19.3 Å². The molecule has 0 aromatic heterocycles. The maximum absolute atomic E-state index is 12.3. The van der Waals surface area contributed by atoms with Crippen LogP contribution in [-0.2, 0) is 0 Å². The molecular formula is C15H21ClF2N2O3. The number of nitrogens with two attached hydrogens (primary N) is 1. The molecule has 0 radical (unpaired) electrons. The van der Waals surface area contributed by atoms with Crippen molar-refractivity contribution < 1.29 is 23.0 Å². The number of hydrogen-bond donors (Lipinski definition) is 2. The van der Waals surface area contributed by atoms with E-state index < -0.39 is 6.61 Å². The fraction of sp³-hybridized carbons (Fsp3) is 0.533. The molecule has 0 aliphatic heterocycles. The highest BCUT2D eigenvalue weighted by atomic mass is 35.5. The van der Waals surface area contributed by atoms with Crippen molar-refractivity contribution in [1.82, 2.24) is 5.32 Å². The maximum atomic E-state index is 12.3. The molecule has 1 aliphatic carbocycles. The summed E-state index contributed by atoms with van der Waals surface area (Å²) in [6.07, 6.45) is 2.94. The van der Waals surface area contributed by atoms with E-state index in [1.807, 2.05) is 0 Å². The Balaban J connectivity index is 0.00000264. The van der Waals surface area contributed by atoms with Gasteiger partial charge in [0.1, 0.15) is 0 Å². The lowest BCUT2D eigenvalue weighted by atomic mass is 10.0. The number of carbonyl (C=O) groups excluding carboxylic acids is 1. The van der Waals surface area contributed by atoms with Gasteiger partial charge in [-0.05, 0) is 43.5 Å². The van der Waals surface area contributed by atoms with E-state index in [1.54, 1.807) is 0 Å². The van der Waals surface area contributed by atoms with Crippen molar-refractivity contribution in [2.45, 2.75) is 31.9 Å². The SMILES string of the molecule is COc1cc(C(=O)NC2CCCC2CN)ccc1OC(F)F.Cl. The van der Waals surface area contributed by atoms with Crippen LogP contribution in [0.5, 0.6) is 11.5 Å². The number of rotatable bonds is 6. The molecule has 1 aromatic carbocycles. The molecule has 2 atom stereocenters. The van der Waals surface area contributed by atoms with Gasteiger partial charge < -0.3 is 20.5 Å². The van der Waals surface area contributed by atoms with Crippen LogP contribution in [0.3, 0.4) is 0 Å². The second kappa shape index (κ2) is 8.88. The Bertz CT molecular complexity index is 531. The van der Waals surface area contributed by atoms with Crippen LogP contribution in [-0.4, -0.2) is 32.2 Å². The first-order valence-corrected chi connectivity index (χ1v) is 7.19. The van der Waals surface area contributed by atoms with Gasteiger partial charge in [0, 0.05) is 11.6 Å². The van der Waals surface area contributed by atoms with Gasteiger partial charge in [-0.15, -0.1) is 12.4 Å². The highest BCUT2D eigenvalue weighted by Crippen LogP contribution is 2.30. The molecule has 2 rings (SSSR count). The number of hydrogen-bond acceptors (Lipinski definition) is 4. The standard InChI is InChI=1S/C15H20F2N2O3.ClH/c1-21-13-7-9(5-6-12(13)22-15(16)17)14(20)19-11-4-2-3-10(11)8-18;/h5-7,10-11,15H,2-4,8,18H2,1H3,(H,19,20);1H. The highest BCUT2D eigenvalue weighted by molar-refractivity contribution is 5.95. The lowest BCUT2D eigenvalue weighted by molar-refractivity contribution is -0.0512. The van der Waals surface area contributed by atoms with Crippen molar-refractivity contribution >= 4 is 18.3 Å². The topological polar surface area (TPSA) is 73.6 Å². The minimum Gasteiger partial charge on any atom is -0.493 e. The number of amides is 1. The van der Waals surface area contributed by atoms with E-state index in [2.05, 4.69) is 10.1 Å². The first kappa shape index (κ1) is 19.4. The molecule has 5 nitrogen and oxygen atoms in total. The van der Waals surface area contributed by atoms with Crippen molar-refractivity contribution in [3.8, 4) is 11.5 Å². The van der Waals surface area contributed by atoms with E-state index in [-0.39, 0.29) is 41.8 Å². The fourth-order valence-corrected chi connectivity index (χ4v) is 2.76. The number of alkyl halides is 2. The third-order valence-electron chi connectivity index (χ3n) is 3.92. The van der Waals surface area contributed by atoms with Crippen LogP contribution in [0.1, 0.15) is 29.6 Å². The van der Waals surface area contributed by atoms with Crippen molar-refractivity contribution in [2.24, 2.45) is 11.7 Å². The lowest BCUT2D eigenvalue weighted by Gasteiger charge is -2.20. The number of nitrogens with one attached hydrogen (secondary N) is 1. The quantitative estimate of drug-likeness (QED) is 0.827. The summed E-state index contributed by atoms with van der Waals surface area (Å²) in [5.41, 5.74) is 6.03. The molecule has 3 N–H and O–H groups in total. The first-order chi connectivity index (χ1) is 10.5. The van der Waals surface area contributed by atoms with Gasteiger partial charge >= 0.3 is 6.61 Å². The van der Waals surface area contributed by atoms with Crippen LogP contribution in [0.4, 0.5) is 8.78 Å². The third kappa shape index (κ3) is 4.94. The number of benzene rings is 1. The number of halogens is 3. The summed E-state index contributed by atoms with van der Waals surface area (Å²) < 4.78 is 33.9. The molecular weight excluding hydrogens is 330 g/mol. The van der Waals surface area contributed by atoms with Gasteiger partial charge in [-0.3, -0.25) is 4.79 Å². The highest BCUT2D eigenvalue weighted by Gasteiger charge is 2.27. The van der Waals surface area contributed by atoms with E-state index in [9.17, 15) is 13.6 Å². The normalized spacial score (nSPS) is 20.0. The molecule has 0 spiro atoms. The van der Waals surface area contributed by atoms with Gasteiger partial charge in [-0.2, -0.15) is 8.78 Å². The molecule has 130 valence electrons. The Morgan fingerprint density at radius 2 is 2.13 bits per heavy atom. The largest absolute Gasteiger partial charge is 0.493 e. The van der Waals surface area contributed by atoms with Gasteiger partial charge in [0.25, 0.3) is 5.91 Å². The summed E-state index contributed by atoms with van der Waals surface area (Å²) in [5, 5.41) is 2.94. The zero-order chi connectivity index (χ0) is 16.1. The van der Waals surface area contributed by atoms with Crippen LogP contribution in [0, 0.1) is 5.92 Å². The molecule has 1 aromatic rings. The molecule has 8 heteroatoms. The Labute approximate surface area is 139 Å². The second-order valence-electron chi connectivity index (χ2n) is 5.25. The molecule has 0 bridgehead atoms. The molecule has 2 unspecified atom stereocenters. The monoisotopic (exact) mass is 350 g/mol. The zero-order valence-corrected chi connectivity index (χ0v) is 13.6. The smallest absolute Gasteiger partial charge is 0.387 e. The summed E-state index contributed by atoms with van der Waals surface area (Å²) in [6.45, 7) is -2.41. The molecule has 1 aliphatic rings. The predicted octanol–water partition coefficient (Wildman–Crippen LogP) is 2.58. The zero-order valence-electron chi connectivity index (χ0n) is 12.8. The first-order valence-electron chi connectivity index (χ1n) is 7.19. The van der Waals surface area contributed by atoms with E-state index in [1.165, 1.54) is 25.3 Å². The predicted molar refractivity (Wildman–Crippen MR) is 84.5 cm³/mol. The van der Waals surface area contributed by atoms with Crippen molar-refractivity contribution in [1.29, 1.82) is 0 Å². The molecule has 23 heavy (non-hydrogen) atoms. The molecule has 0 heterocycles. The van der Waals surface area contributed by atoms with Gasteiger partial charge in [0.05, 0.1) is 7.11 Å². The fourth-order valence-electron chi connectivity index (χ4n) is 2.76. The van der Waals surface area contributed by atoms with Crippen LogP contribution < -0.4 is 20.5 Å². The van der Waals surface area contributed by atoms with Gasteiger partial charge in [0.15, 0.2) is 11.5 Å². The average Bonchev–Trinajstić information content (AvgIpc) is 2.94. The van der Waals surface area contributed by atoms with Gasteiger partial charge in [-0.1, -0.05) is 6.42 Å². The molecule has 1 saturated carbocycles. The third-order valence-corrected chi connectivity index (χ3v) is 3.92. The van der Waals surface area contributed by atoms with E-state index >= 15 is 0 Å². The van der Waals surface area contributed by atoms with E-state index in [0.29, 0.717) is 12.1 Å². The lowest BCUT2D eigenvalue weighted by Crippen LogP contribution is -2.39. The summed E-state index contributed by atoms with van der Waals surface area (Å²) in [5.74, 6) is 0.00373. The number of ether oxygens (including phenoxy) is 2. The Hall–Kier alpha value is -1.60. The Morgan fingerprint density at radius 1 is 1.39 bits per heavy atom. The Morgan fingerprint density at radius 3 is 2.74 bits per heavy atom. The number of carbonyl (C=O) groups is 1. The van der Waals surface area contributed by atoms with E-state index in [4.69, 9.17) is 10.5 Å². The summed E-state index contributed by atoms with van der Waals surface area (Å²) >= 11 is 0. The summed E-state index contributed by atoms with van der Waals surface area (Å²) in [4.78, 5) is 12.3.